The van der Waals surface area contributed by atoms with E-state index in [1.807, 2.05) is 0 Å². The number of hydrogen-bond acceptors (Lipinski definition) is 2. The molecular weight excluding hydrogens is 294 g/mol. The van der Waals surface area contributed by atoms with E-state index in [9.17, 15) is 0 Å². The Morgan fingerprint density at radius 2 is 2.04 bits per heavy atom. The summed E-state index contributed by atoms with van der Waals surface area (Å²) in [5.74, 6) is 3.82. The van der Waals surface area contributed by atoms with Crippen LogP contribution in [0.2, 0.25) is 0 Å². The molecule has 0 radical (unpaired) electrons. The summed E-state index contributed by atoms with van der Waals surface area (Å²) in [4.78, 5) is 2.17. The van der Waals surface area contributed by atoms with Gasteiger partial charge in [0.25, 0.3) is 0 Å². The Morgan fingerprint density at radius 1 is 1.17 bits per heavy atom. The van der Waals surface area contributed by atoms with Gasteiger partial charge in [-0.25, -0.2) is 0 Å². The average Bonchev–Trinajstić information content (AvgIpc) is 2.96. The van der Waals surface area contributed by atoms with E-state index in [2.05, 4.69) is 44.1 Å². The van der Waals surface area contributed by atoms with Crippen molar-refractivity contribution in [2.75, 3.05) is 27.2 Å². The molecule has 4 atom stereocenters. The second-order valence-electron chi connectivity index (χ2n) is 9.01. The van der Waals surface area contributed by atoms with Gasteiger partial charge < -0.3 is 9.64 Å². The summed E-state index contributed by atoms with van der Waals surface area (Å²) in [6.45, 7) is 4.33. The molecule has 0 saturated heterocycles. The lowest BCUT2D eigenvalue weighted by atomic mass is 9.56. The number of ether oxygens (including phenoxy) is 1. The van der Waals surface area contributed by atoms with E-state index in [4.69, 9.17) is 4.74 Å². The number of nitrogens with zero attached hydrogens (tertiary/aromatic N) is 1. The number of benzene rings is 1. The van der Waals surface area contributed by atoms with Crippen molar-refractivity contribution in [1.82, 2.24) is 4.90 Å². The molecule has 0 N–H and O–H groups in total. The van der Waals surface area contributed by atoms with Crippen LogP contribution in [-0.2, 0) is 6.42 Å². The topological polar surface area (TPSA) is 12.5 Å². The Kier molecular flexibility index (Phi) is 4.36. The summed E-state index contributed by atoms with van der Waals surface area (Å²) >= 11 is 0. The molecule has 0 bridgehead atoms. The normalized spacial score (nSPS) is 34.6. The number of rotatable bonds is 4. The minimum atomic E-state index is 0.661. The largest absolute Gasteiger partial charge is 0.492 e. The van der Waals surface area contributed by atoms with Crippen molar-refractivity contribution in [2.24, 2.45) is 17.3 Å². The predicted molar refractivity (Wildman–Crippen MR) is 99.7 cm³/mol. The molecule has 2 fully saturated rings. The smallest absolute Gasteiger partial charge is 0.119 e. The fourth-order valence-electron chi connectivity index (χ4n) is 5.99. The van der Waals surface area contributed by atoms with Crippen molar-refractivity contribution in [2.45, 2.75) is 57.8 Å². The zero-order valence-electron chi connectivity index (χ0n) is 15.7. The first kappa shape index (κ1) is 16.4. The molecule has 0 amide bonds. The van der Waals surface area contributed by atoms with Gasteiger partial charge >= 0.3 is 0 Å². The monoisotopic (exact) mass is 327 g/mol. The predicted octanol–water partition coefficient (Wildman–Crippen LogP) is 4.87. The number of fused-ring (bicyclic) bond motifs is 5. The van der Waals surface area contributed by atoms with Crippen LogP contribution in [0.4, 0.5) is 0 Å². The molecule has 132 valence electrons. The number of hydrogen-bond donors (Lipinski definition) is 0. The van der Waals surface area contributed by atoms with Crippen LogP contribution in [0, 0.1) is 17.3 Å². The Morgan fingerprint density at radius 3 is 2.88 bits per heavy atom. The third kappa shape index (κ3) is 2.87. The minimum Gasteiger partial charge on any atom is -0.492 e. The van der Waals surface area contributed by atoms with Crippen molar-refractivity contribution < 1.29 is 4.74 Å². The maximum Gasteiger partial charge on any atom is 0.119 e. The van der Waals surface area contributed by atoms with Gasteiger partial charge in [-0.3, -0.25) is 0 Å². The summed E-state index contributed by atoms with van der Waals surface area (Å²) in [5.41, 5.74) is 3.88. The van der Waals surface area contributed by atoms with E-state index >= 15 is 0 Å². The highest BCUT2D eigenvalue weighted by atomic mass is 16.5. The first-order valence-electron chi connectivity index (χ1n) is 9.97. The summed E-state index contributed by atoms with van der Waals surface area (Å²) in [5, 5.41) is 0. The molecule has 3 aliphatic carbocycles. The second kappa shape index (κ2) is 6.37. The molecule has 0 heterocycles. The van der Waals surface area contributed by atoms with E-state index < -0.39 is 0 Å². The van der Waals surface area contributed by atoms with Crippen LogP contribution in [-0.4, -0.2) is 32.1 Å². The zero-order valence-corrected chi connectivity index (χ0v) is 15.7. The SMILES string of the molecule is CN(C)CCOc1ccc2c(c1)CC[C@@H]1[C@@H]2CC[C@@]2(C)CCC[C@@H]12. The van der Waals surface area contributed by atoms with Gasteiger partial charge in [-0.2, -0.15) is 0 Å². The summed E-state index contributed by atoms with van der Waals surface area (Å²) < 4.78 is 5.96. The van der Waals surface area contributed by atoms with Crippen molar-refractivity contribution >= 4 is 0 Å². The maximum absolute atomic E-state index is 5.96. The van der Waals surface area contributed by atoms with Gasteiger partial charge in [0.15, 0.2) is 0 Å². The fourth-order valence-corrected chi connectivity index (χ4v) is 5.99. The molecule has 0 aliphatic heterocycles. The first-order valence-corrected chi connectivity index (χ1v) is 9.97. The summed E-state index contributed by atoms with van der Waals surface area (Å²) in [7, 11) is 4.19. The molecule has 4 rings (SSSR count). The van der Waals surface area contributed by atoms with Crippen LogP contribution in [0.3, 0.4) is 0 Å². The van der Waals surface area contributed by atoms with E-state index in [-0.39, 0.29) is 0 Å². The van der Waals surface area contributed by atoms with Crippen LogP contribution >= 0.6 is 0 Å². The highest BCUT2D eigenvalue weighted by Crippen LogP contribution is 2.60. The Hall–Kier alpha value is -1.02. The highest BCUT2D eigenvalue weighted by Gasteiger charge is 2.50. The van der Waals surface area contributed by atoms with Crippen LogP contribution in [0.5, 0.6) is 5.75 Å². The molecular formula is C22H33NO. The minimum absolute atomic E-state index is 0.661. The van der Waals surface area contributed by atoms with E-state index in [0.717, 1.165) is 36.7 Å². The molecule has 0 spiro atoms. The van der Waals surface area contributed by atoms with Gasteiger partial charge in [-0.1, -0.05) is 19.4 Å². The van der Waals surface area contributed by atoms with Crippen LogP contribution < -0.4 is 4.74 Å². The molecule has 0 aromatic heterocycles. The van der Waals surface area contributed by atoms with Gasteiger partial charge in [0, 0.05) is 6.54 Å². The van der Waals surface area contributed by atoms with Gasteiger partial charge in [0.05, 0.1) is 0 Å². The Balaban J connectivity index is 1.51. The molecule has 1 aromatic carbocycles. The van der Waals surface area contributed by atoms with Gasteiger partial charge in [-0.05, 0) is 99.0 Å². The number of likely N-dealkylation sites (N-methyl/N-ethyl adjacent to an activating group) is 1. The summed E-state index contributed by atoms with van der Waals surface area (Å²) in [6, 6.07) is 6.96. The standard InChI is InChI=1S/C22H33NO/c1-22-11-4-5-21(22)20-8-6-16-15-17(24-14-13-23(2)3)7-9-18(16)19(20)10-12-22/h7,9,15,19-21H,4-6,8,10-14H2,1-3H3/t19-,20-,21+,22-/m1/s1. The van der Waals surface area contributed by atoms with E-state index in [0.29, 0.717) is 5.41 Å². The lowest BCUT2D eigenvalue weighted by Gasteiger charge is -2.49. The zero-order chi connectivity index (χ0) is 16.7. The van der Waals surface area contributed by atoms with Crippen molar-refractivity contribution in [1.29, 1.82) is 0 Å². The molecule has 0 unspecified atom stereocenters. The van der Waals surface area contributed by atoms with Crippen molar-refractivity contribution in [3.8, 4) is 5.75 Å². The quantitative estimate of drug-likeness (QED) is 0.782. The van der Waals surface area contributed by atoms with Crippen LogP contribution in [0.1, 0.15) is 62.5 Å². The van der Waals surface area contributed by atoms with Crippen LogP contribution in [0.25, 0.3) is 0 Å². The number of aryl methyl sites for hydroxylation is 1. The maximum atomic E-state index is 5.96. The van der Waals surface area contributed by atoms with E-state index in [1.165, 1.54) is 44.9 Å². The van der Waals surface area contributed by atoms with Gasteiger partial charge in [0.2, 0.25) is 0 Å². The lowest BCUT2D eigenvalue weighted by Crippen LogP contribution is -2.39. The molecule has 2 nitrogen and oxygen atoms in total. The first-order chi connectivity index (χ1) is 11.6. The Bertz CT molecular complexity index is 596. The van der Waals surface area contributed by atoms with Crippen molar-refractivity contribution in [3.05, 3.63) is 29.3 Å². The average molecular weight is 328 g/mol. The van der Waals surface area contributed by atoms with Gasteiger partial charge in [0.1, 0.15) is 12.4 Å². The van der Waals surface area contributed by atoms with E-state index in [1.54, 1.807) is 11.1 Å². The highest BCUT2D eigenvalue weighted by molar-refractivity contribution is 5.40. The van der Waals surface area contributed by atoms with Crippen LogP contribution in [0.15, 0.2) is 18.2 Å². The molecule has 24 heavy (non-hydrogen) atoms. The Labute approximate surface area is 147 Å². The van der Waals surface area contributed by atoms with Gasteiger partial charge in [-0.15, -0.1) is 0 Å². The summed E-state index contributed by atoms with van der Waals surface area (Å²) in [6.07, 6.45) is 9.94. The molecule has 2 saturated carbocycles. The lowest BCUT2D eigenvalue weighted by molar-refractivity contribution is 0.0598. The fraction of sp³-hybridized carbons (Fsp3) is 0.727. The third-order valence-electron chi connectivity index (χ3n) is 7.29. The second-order valence-corrected chi connectivity index (χ2v) is 9.01. The molecule has 3 aliphatic rings. The van der Waals surface area contributed by atoms with Crippen molar-refractivity contribution in [3.63, 3.8) is 0 Å². The third-order valence-corrected chi connectivity index (χ3v) is 7.29. The molecule has 1 aromatic rings. The molecule has 2 heteroatoms.